The summed E-state index contributed by atoms with van der Waals surface area (Å²) in [6.45, 7) is 3.54. The van der Waals surface area contributed by atoms with Crippen LogP contribution >= 0.6 is 23.4 Å². The van der Waals surface area contributed by atoms with E-state index in [4.69, 9.17) is 11.6 Å². The SMILES string of the molecule is Cc1cc2c(cc1Cl)SC(N1CCCCC1)=NS2(=O)=O. The maximum atomic E-state index is 12.3. The molecule has 0 spiro atoms. The zero-order valence-corrected chi connectivity index (χ0v) is 13.5. The van der Waals surface area contributed by atoms with E-state index in [-0.39, 0.29) is 4.90 Å². The average molecular weight is 331 g/mol. The van der Waals surface area contributed by atoms with Gasteiger partial charge < -0.3 is 4.90 Å². The van der Waals surface area contributed by atoms with Gasteiger partial charge in [-0.25, -0.2) is 0 Å². The van der Waals surface area contributed by atoms with E-state index in [9.17, 15) is 8.42 Å². The maximum absolute atomic E-state index is 12.3. The highest BCUT2D eigenvalue weighted by Crippen LogP contribution is 2.38. The molecule has 7 heteroatoms. The van der Waals surface area contributed by atoms with Gasteiger partial charge in [0, 0.05) is 23.0 Å². The Bertz CT molecular complexity index is 680. The number of benzene rings is 1. The highest BCUT2D eigenvalue weighted by molar-refractivity contribution is 8.15. The first-order valence-electron chi connectivity index (χ1n) is 6.55. The Kier molecular flexibility index (Phi) is 3.73. The average Bonchev–Trinajstić information content (AvgIpc) is 2.41. The molecule has 2 heterocycles. The molecule has 0 bridgehead atoms. The summed E-state index contributed by atoms with van der Waals surface area (Å²) in [7, 11) is -3.61. The van der Waals surface area contributed by atoms with Gasteiger partial charge in [0.05, 0.1) is 0 Å². The van der Waals surface area contributed by atoms with E-state index in [0.717, 1.165) is 31.5 Å². The molecule has 0 aliphatic carbocycles. The highest BCUT2D eigenvalue weighted by atomic mass is 35.5. The molecule has 0 amide bonds. The second kappa shape index (κ2) is 5.24. The van der Waals surface area contributed by atoms with E-state index in [1.54, 1.807) is 19.1 Å². The molecule has 1 saturated heterocycles. The van der Waals surface area contributed by atoms with Crippen LogP contribution in [0.4, 0.5) is 0 Å². The second-order valence-electron chi connectivity index (χ2n) is 5.05. The molecule has 2 aliphatic rings. The van der Waals surface area contributed by atoms with E-state index < -0.39 is 10.0 Å². The molecule has 1 aromatic rings. The van der Waals surface area contributed by atoms with Crippen molar-refractivity contribution in [1.29, 1.82) is 0 Å². The van der Waals surface area contributed by atoms with E-state index in [2.05, 4.69) is 9.30 Å². The molecule has 4 nitrogen and oxygen atoms in total. The van der Waals surface area contributed by atoms with Gasteiger partial charge in [-0.3, -0.25) is 0 Å². The van der Waals surface area contributed by atoms with Gasteiger partial charge in [0.2, 0.25) is 0 Å². The van der Waals surface area contributed by atoms with E-state index >= 15 is 0 Å². The van der Waals surface area contributed by atoms with Crippen molar-refractivity contribution in [1.82, 2.24) is 4.90 Å². The summed E-state index contributed by atoms with van der Waals surface area (Å²) >= 11 is 7.51. The predicted molar refractivity (Wildman–Crippen MR) is 82.1 cm³/mol. The number of likely N-dealkylation sites (tertiary alicyclic amines) is 1. The monoisotopic (exact) mass is 330 g/mol. The largest absolute Gasteiger partial charge is 0.350 e. The van der Waals surface area contributed by atoms with Gasteiger partial charge in [0.25, 0.3) is 10.0 Å². The van der Waals surface area contributed by atoms with Gasteiger partial charge in [-0.1, -0.05) is 11.6 Å². The van der Waals surface area contributed by atoms with Gasteiger partial charge in [-0.2, -0.15) is 8.42 Å². The van der Waals surface area contributed by atoms with Crippen LogP contribution in [0.5, 0.6) is 0 Å². The fourth-order valence-corrected chi connectivity index (χ4v) is 5.41. The van der Waals surface area contributed by atoms with Crippen LogP contribution in [0.1, 0.15) is 24.8 Å². The van der Waals surface area contributed by atoms with E-state index in [1.165, 1.54) is 18.2 Å². The van der Waals surface area contributed by atoms with Gasteiger partial charge in [-0.05, 0) is 55.6 Å². The van der Waals surface area contributed by atoms with E-state index in [0.29, 0.717) is 15.1 Å². The molecule has 0 aromatic heterocycles. The molecular formula is C13H15ClN2O2S2. The lowest BCUT2D eigenvalue weighted by molar-refractivity contribution is 0.348. The first-order chi connectivity index (χ1) is 9.47. The van der Waals surface area contributed by atoms with Crippen LogP contribution < -0.4 is 0 Å². The molecule has 108 valence electrons. The van der Waals surface area contributed by atoms with Crippen LogP contribution in [-0.2, 0) is 10.0 Å². The number of nitrogens with zero attached hydrogens (tertiary/aromatic N) is 2. The van der Waals surface area contributed by atoms with Crippen molar-refractivity contribution in [2.24, 2.45) is 4.40 Å². The standard InChI is InChI=1S/C13H15ClN2O2S2/c1-9-7-12-11(8-10(9)14)19-13(15-20(12,17)18)16-5-3-2-4-6-16/h7-8H,2-6H2,1H3. The van der Waals surface area contributed by atoms with Crippen molar-refractivity contribution < 1.29 is 8.42 Å². The number of thioether (sulfide) groups is 1. The van der Waals surface area contributed by atoms with Gasteiger partial charge in [-0.15, -0.1) is 4.40 Å². The van der Waals surface area contributed by atoms with Crippen molar-refractivity contribution >= 4 is 38.6 Å². The summed E-state index contributed by atoms with van der Waals surface area (Å²) in [6.07, 6.45) is 3.37. The maximum Gasteiger partial charge on any atom is 0.285 e. The molecule has 1 aromatic carbocycles. The number of hydrogen-bond donors (Lipinski definition) is 0. The fraction of sp³-hybridized carbons (Fsp3) is 0.462. The van der Waals surface area contributed by atoms with Crippen molar-refractivity contribution in [2.75, 3.05) is 13.1 Å². The number of aryl methyl sites for hydroxylation is 1. The first-order valence-corrected chi connectivity index (χ1v) is 9.19. The van der Waals surface area contributed by atoms with Crippen molar-refractivity contribution in [3.63, 3.8) is 0 Å². The number of fused-ring (bicyclic) bond motifs is 1. The number of rotatable bonds is 0. The molecule has 1 fully saturated rings. The van der Waals surface area contributed by atoms with Crippen LogP contribution in [0.15, 0.2) is 26.3 Å². The molecular weight excluding hydrogens is 316 g/mol. The minimum Gasteiger partial charge on any atom is -0.350 e. The minimum atomic E-state index is -3.61. The molecule has 0 unspecified atom stereocenters. The Balaban J connectivity index is 2.03. The van der Waals surface area contributed by atoms with Gasteiger partial charge in [0.1, 0.15) is 4.90 Å². The van der Waals surface area contributed by atoms with Crippen molar-refractivity contribution in [2.45, 2.75) is 36.0 Å². The zero-order valence-electron chi connectivity index (χ0n) is 11.1. The smallest absolute Gasteiger partial charge is 0.285 e. The zero-order chi connectivity index (χ0) is 14.3. The third-order valence-corrected chi connectivity index (χ3v) is 6.58. The Morgan fingerprint density at radius 3 is 2.65 bits per heavy atom. The predicted octanol–water partition coefficient (Wildman–Crippen LogP) is 3.28. The molecule has 20 heavy (non-hydrogen) atoms. The number of halogens is 1. The minimum absolute atomic E-state index is 0.269. The summed E-state index contributed by atoms with van der Waals surface area (Å²) in [5, 5.41) is 1.17. The second-order valence-corrected chi connectivity index (χ2v) is 8.04. The molecule has 0 radical (unpaired) electrons. The molecule has 0 saturated carbocycles. The lowest BCUT2D eigenvalue weighted by Gasteiger charge is -2.30. The number of sulfonamides is 1. The van der Waals surface area contributed by atoms with Crippen LogP contribution in [0, 0.1) is 6.92 Å². The normalized spacial score (nSPS) is 21.3. The topological polar surface area (TPSA) is 49.7 Å². The Morgan fingerprint density at radius 2 is 1.95 bits per heavy atom. The summed E-state index contributed by atoms with van der Waals surface area (Å²) < 4.78 is 28.6. The lowest BCUT2D eigenvalue weighted by Crippen LogP contribution is -2.35. The summed E-state index contributed by atoms with van der Waals surface area (Å²) in [6, 6.07) is 3.34. The summed E-state index contributed by atoms with van der Waals surface area (Å²) in [4.78, 5) is 3.00. The third kappa shape index (κ3) is 2.56. The quantitative estimate of drug-likeness (QED) is 0.732. The molecule has 0 N–H and O–H groups in total. The summed E-state index contributed by atoms with van der Waals surface area (Å²) in [5.41, 5.74) is 0.756. The lowest BCUT2D eigenvalue weighted by atomic mass is 10.1. The van der Waals surface area contributed by atoms with Gasteiger partial charge >= 0.3 is 0 Å². The Hall–Kier alpha value is -0.720. The van der Waals surface area contributed by atoms with Crippen molar-refractivity contribution in [3.05, 3.63) is 22.7 Å². The van der Waals surface area contributed by atoms with Crippen LogP contribution in [-0.4, -0.2) is 31.6 Å². The molecule has 2 aliphatic heterocycles. The van der Waals surface area contributed by atoms with E-state index in [1.807, 2.05) is 0 Å². The van der Waals surface area contributed by atoms with Crippen LogP contribution in [0.25, 0.3) is 0 Å². The Labute approximate surface area is 128 Å². The number of hydrogen-bond acceptors (Lipinski definition) is 4. The third-order valence-electron chi connectivity index (χ3n) is 3.53. The highest BCUT2D eigenvalue weighted by Gasteiger charge is 2.29. The molecule has 3 rings (SSSR count). The van der Waals surface area contributed by atoms with Crippen LogP contribution in [0.3, 0.4) is 0 Å². The van der Waals surface area contributed by atoms with Crippen molar-refractivity contribution in [3.8, 4) is 0 Å². The molecule has 0 atom stereocenters. The fourth-order valence-electron chi connectivity index (χ4n) is 2.39. The number of amidine groups is 1. The number of piperidine rings is 1. The Morgan fingerprint density at radius 1 is 1.25 bits per heavy atom. The summed E-state index contributed by atoms with van der Waals surface area (Å²) in [5.74, 6) is 0. The first kappa shape index (κ1) is 14.2. The van der Waals surface area contributed by atoms with Gasteiger partial charge in [0.15, 0.2) is 5.17 Å². The van der Waals surface area contributed by atoms with Crippen LogP contribution in [0.2, 0.25) is 5.02 Å².